The van der Waals surface area contributed by atoms with Crippen molar-refractivity contribution >= 4 is 17.9 Å². The highest BCUT2D eigenvalue weighted by Crippen LogP contribution is 1.94. The van der Waals surface area contributed by atoms with Gasteiger partial charge in [0.25, 0.3) is 0 Å². The SMILES string of the molecule is C=CC(=O)O.NC(N)=NCCC[C@H](N)C(=O)O. The second-order valence-corrected chi connectivity index (χ2v) is 2.94. The number of carboxylic acid groups (broad SMARTS) is 2. The van der Waals surface area contributed by atoms with Gasteiger partial charge in [-0.1, -0.05) is 6.58 Å². The van der Waals surface area contributed by atoms with Gasteiger partial charge in [-0.2, -0.15) is 0 Å². The number of nitrogens with two attached hydrogens (primary N) is 3. The Kier molecular flexibility index (Phi) is 10.6. The Morgan fingerprint density at radius 3 is 2.12 bits per heavy atom. The van der Waals surface area contributed by atoms with E-state index >= 15 is 0 Å². The van der Waals surface area contributed by atoms with Crippen LogP contribution in [0.2, 0.25) is 0 Å². The molecule has 0 saturated heterocycles. The maximum absolute atomic E-state index is 10.2. The van der Waals surface area contributed by atoms with E-state index in [4.69, 9.17) is 27.4 Å². The molecule has 17 heavy (non-hydrogen) atoms. The smallest absolute Gasteiger partial charge is 0.327 e. The van der Waals surface area contributed by atoms with E-state index in [2.05, 4.69) is 11.6 Å². The normalized spacial score (nSPS) is 10.4. The number of hydrogen-bond acceptors (Lipinski definition) is 4. The number of aliphatic imine (C=N–C) groups is 1. The summed E-state index contributed by atoms with van der Waals surface area (Å²) in [6, 6.07) is -0.820. The van der Waals surface area contributed by atoms with E-state index in [0.29, 0.717) is 19.4 Å². The van der Waals surface area contributed by atoms with Gasteiger partial charge in [-0.15, -0.1) is 0 Å². The van der Waals surface area contributed by atoms with Gasteiger partial charge in [0.15, 0.2) is 5.96 Å². The first-order valence-electron chi connectivity index (χ1n) is 4.70. The average molecular weight is 246 g/mol. The molecule has 0 aromatic carbocycles. The van der Waals surface area contributed by atoms with Crippen molar-refractivity contribution in [2.75, 3.05) is 6.54 Å². The third-order valence-electron chi connectivity index (χ3n) is 1.46. The summed E-state index contributed by atoms with van der Waals surface area (Å²) < 4.78 is 0. The Morgan fingerprint density at radius 2 is 1.82 bits per heavy atom. The number of hydrogen-bond donors (Lipinski definition) is 5. The molecule has 0 aromatic heterocycles. The number of carbonyl (C=O) groups is 2. The molecule has 8 N–H and O–H groups in total. The molecule has 8 heteroatoms. The molecule has 0 radical (unpaired) electrons. The van der Waals surface area contributed by atoms with Gasteiger partial charge in [-0.3, -0.25) is 9.79 Å². The van der Waals surface area contributed by atoms with Crippen molar-refractivity contribution in [3.63, 3.8) is 0 Å². The van der Waals surface area contributed by atoms with Gasteiger partial charge in [-0.05, 0) is 12.8 Å². The quantitative estimate of drug-likeness (QED) is 0.168. The van der Waals surface area contributed by atoms with Crippen LogP contribution >= 0.6 is 0 Å². The fourth-order valence-corrected chi connectivity index (χ4v) is 0.643. The van der Waals surface area contributed by atoms with Crippen molar-refractivity contribution in [2.24, 2.45) is 22.2 Å². The lowest BCUT2D eigenvalue weighted by Crippen LogP contribution is -2.30. The molecule has 8 nitrogen and oxygen atoms in total. The monoisotopic (exact) mass is 246 g/mol. The van der Waals surface area contributed by atoms with Crippen molar-refractivity contribution in [1.29, 1.82) is 0 Å². The van der Waals surface area contributed by atoms with Crippen molar-refractivity contribution in [3.05, 3.63) is 12.7 Å². The number of nitrogens with zero attached hydrogens (tertiary/aromatic N) is 1. The number of aliphatic carboxylic acids is 2. The number of rotatable bonds is 6. The van der Waals surface area contributed by atoms with Gasteiger partial charge < -0.3 is 27.4 Å². The third kappa shape index (κ3) is 16.6. The molecule has 0 unspecified atom stereocenters. The van der Waals surface area contributed by atoms with E-state index in [9.17, 15) is 9.59 Å². The fraction of sp³-hybridized carbons (Fsp3) is 0.444. The van der Waals surface area contributed by atoms with Crippen molar-refractivity contribution < 1.29 is 19.8 Å². The molecule has 0 rings (SSSR count). The van der Waals surface area contributed by atoms with E-state index in [0.717, 1.165) is 6.08 Å². The topological polar surface area (TPSA) is 165 Å². The Hall–Kier alpha value is -2.09. The highest BCUT2D eigenvalue weighted by atomic mass is 16.4. The van der Waals surface area contributed by atoms with Crippen molar-refractivity contribution in [3.8, 4) is 0 Å². The first kappa shape index (κ1) is 17.3. The molecule has 1 atom stereocenters. The summed E-state index contributed by atoms with van der Waals surface area (Å²) in [4.78, 5) is 23.1. The fourth-order valence-electron chi connectivity index (χ4n) is 0.643. The van der Waals surface area contributed by atoms with E-state index in [1.807, 2.05) is 0 Å². The molecule has 0 bridgehead atoms. The Balaban J connectivity index is 0. The first-order chi connectivity index (χ1) is 7.81. The lowest BCUT2D eigenvalue weighted by molar-refractivity contribution is -0.138. The molecular weight excluding hydrogens is 228 g/mol. The van der Waals surface area contributed by atoms with Gasteiger partial charge in [0.2, 0.25) is 0 Å². The van der Waals surface area contributed by atoms with Gasteiger partial charge in [0.1, 0.15) is 6.04 Å². The summed E-state index contributed by atoms with van der Waals surface area (Å²) in [6.07, 6.45) is 1.79. The summed E-state index contributed by atoms with van der Waals surface area (Å²) in [5.74, 6) is -1.97. The van der Waals surface area contributed by atoms with Crippen LogP contribution in [0.25, 0.3) is 0 Å². The highest BCUT2D eigenvalue weighted by Gasteiger charge is 2.09. The summed E-state index contributed by atoms with van der Waals surface area (Å²) in [7, 11) is 0. The zero-order valence-corrected chi connectivity index (χ0v) is 9.37. The molecular formula is C9H18N4O4. The van der Waals surface area contributed by atoms with Crippen LogP contribution < -0.4 is 17.2 Å². The molecule has 0 spiro atoms. The minimum atomic E-state index is -1.00. The van der Waals surface area contributed by atoms with Crippen LogP contribution in [0.15, 0.2) is 17.6 Å². The van der Waals surface area contributed by atoms with Crippen LogP contribution in [0.3, 0.4) is 0 Å². The molecule has 0 aliphatic rings. The van der Waals surface area contributed by atoms with Crippen LogP contribution in [0.1, 0.15) is 12.8 Å². The minimum absolute atomic E-state index is 0.0129. The third-order valence-corrected chi connectivity index (χ3v) is 1.46. The molecule has 0 aliphatic heterocycles. The zero-order chi connectivity index (χ0) is 13.8. The zero-order valence-electron chi connectivity index (χ0n) is 9.37. The average Bonchev–Trinajstić information content (AvgIpc) is 2.24. The van der Waals surface area contributed by atoms with E-state index in [1.165, 1.54) is 0 Å². The first-order valence-corrected chi connectivity index (χ1v) is 4.70. The van der Waals surface area contributed by atoms with Crippen molar-refractivity contribution in [1.82, 2.24) is 0 Å². The predicted octanol–water partition coefficient (Wildman–Crippen LogP) is -1.29. The predicted molar refractivity (Wildman–Crippen MR) is 63.4 cm³/mol. The van der Waals surface area contributed by atoms with Gasteiger partial charge >= 0.3 is 11.9 Å². The maximum Gasteiger partial charge on any atom is 0.327 e. The van der Waals surface area contributed by atoms with Crippen molar-refractivity contribution in [2.45, 2.75) is 18.9 Å². The number of carboxylic acids is 2. The molecule has 0 aromatic rings. The maximum atomic E-state index is 10.2. The summed E-state index contributed by atoms with van der Waals surface area (Å²) >= 11 is 0. The van der Waals surface area contributed by atoms with Crippen LogP contribution in [-0.2, 0) is 9.59 Å². The van der Waals surface area contributed by atoms with Crippen LogP contribution in [-0.4, -0.2) is 40.7 Å². The van der Waals surface area contributed by atoms with E-state index in [-0.39, 0.29) is 5.96 Å². The van der Waals surface area contributed by atoms with Gasteiger partial charge in [0, 0.05) is 12.6 Å². The second-order valence-electron chi connectivity index (χ2n) is 2.94. The Bertz CT molecular complexity index is 287. The van der Waals surface area contributed by atoms with E-state index in [1.54, 1.807) is 0 Å². The minimum Gasteiger partial charge on any atom is -0.480 e. The van der Waals surface area contributed by atoms with Crippen LogP contribution in [0, 0.1) is 0 Å². The standard InChI is InChI=1S/C6H14N4O2.C3H4O2/c7-4(5(11)12)2-1-3-10-6(8)9;1-2-3(4)5/h4H,1-3,7H2,(H,11,12)(H4,8,9,10);2H,1H2,(H,4,5)/t4-;/m0./s1. The van der Waals surface area contributed by atoms with Crippen LogP contribution in [0.4, 0.5) is 0 Å². The largest absolute Gasteiger partial charge is 0.480 e. The van der Waals surface area contributed by atoms with Gasteiger partial charge in [-0.25, -0.2) is 4.79 Å². The summed E-state index contributed by atoms with van der Waals surface area (Å²) in [6.45, 7) is 3.38. The molecule has 0 aliphatic carbocycles. The Labute approximate surface area is 98.8 Å². The summed E-state index contributed by atoms with van der Waals surface area (Å²) in [5.41, 5.74) is 15.3. The van der Waals surface area contributed by atoms with E-state index < -0.39 is 18.0 Å². The molecule has 98 valence electrons. The number of guanidine groups is 1. The molecule has 0 amide bonds. The molecule has 0 saturated carbocycles. The lowest BCUT2D eigenvalue weighted by atomic mass is 10.2. The molecule has 0 fully saturated rings. The molecule has 0 heterocycles. The second kappa shape index (κ2) is 10.4. The lowest BCUT2D eigenvalue weighted by Gasteiger charge is -2.03. The highest BCUT2D eigenvalue weighted by molar-refractivity contribution is 5.78. The Morgan fingerprint density at radius 1 is 1.35 bits per heavy atom. The van der Waals surface area contributed by atoms with Crippen LogP contribution in [0.5, 0.6) is 0 Å². The summed E-state index contributed by atoms with van der Waals surface area (Å²) in [5, 5.41) is 16.0. The van der Waals surface area contributed by atoms with Gasteiger partial charge in [0.05, 0.1) is 0 Å².